The normalized spacial score (nSPS) is 12.8. The van der Waals surface area contributed by atoms with Crippen LogP contribution in [-0.4, -0.2) is 28.2 Å². The molecule has 0 bridgehead atoms. The number of hydrogen-bond acceptors (Lipinski definition) is 2. The molecule has 2 aromatic carbocycles. The molecule has 0 aromatic heterocycles. The van der Waals surface area contributed by atoms with Crippen molar-refractivity contribution in [3.8, 4) is 0 Å². The van der Waals surface area contributed by atoms with Crippen molar-refractivity contribution >= 4 is 54.4 Å². The lowest BCUT2D eigenvalue weighted by Gasteiger charge is -2.22. The van der Waals surface area contributed by atoms with Gasteiger partial charge in [0.1, 0.15) is 0 Å². The average molecular weight is 364 g/mol. The van der Waals surface area contributed by atoms with Gasteiger partial charge in [0.05, 0.1) is 0 Å². The summed E-state index contributed by atoms with van der Waals surface area (Å²) < 4.78 is 1.33. The molecule has 2 aromatic rings. The van der Waals surface area contributed by atoms with Crippen LogP contribution in [0.5, 0.6) is 0 Å². The van der Waals surface area contributed by atoms with Gasteiger partial charge < -0.3 is 9.80 Å². The minimum Gasteiger partial charge on any atom is -0.377 e. The summed E-state index contributed by atoms with van der Waals surface area (Å²) in [7, 11) is 8.43. The molecule has 0 atom stereocenters. The molecule has 0 saturated carbocycles. The van der Waals surface area contributed by atoms with Gasteiger partial charge in [-0.05, 0) is 51.9 Å². The van der Waals surface area contributed by atoms with Crippen LogP contribution in [-0.2, 0) is 0 Å². The molecular formula is C16H17IN2. The van der Waals surface area contributed by atoms with E-state index in [9.17, 15) is 0 Å². The van der Waals surface area contributed by atoms with E-state index in [1.165, 1.54) is 36.9 Å². The summed E-state index contributed by atoms with van der Waals surface area (Å²) >= 11 is 2.43. The maximum atomic E-state index is 2.43. The van der Waals surface area contributed by atoms with E-state index in [1.807, 2.05) is 0 Å². The Kier molecular flexibility index (Phi) is 2.96. The van der Waals surface area contributed by atoms with Crippen LogP contribution in [0.4, 0.5) is 11.4 Å². The van der Waals surface area contributed by atoms with Crippen molar-refractivity contribution in [2.24, 2.45) is 0 Å². The van der Waals surface area contributed by atoms with E-state index in [4.69, 9.17) is 0 Å². The SMILES string of the molecule is CN(C)c1ccc2c3c(ccc(N(C)C)c13)C(I)=C2. The van der Waals surface area contributed by atoms with Crippen molar-refractivity contribution in [1.82, 2.24) is 0 Å². The zero-order valence-electron chi connectivity index (χ0n) is 11.7. The molecule has 0 N–H and O–H groups in total. The van der Waals surface area contributed by atoms with E-state index in [-0.39, 0.29) is 0 Å². The molecule has 3 rings (SSSR count). The quantitative estimate of drug-likeness (QED) is 0.737. The number of halogens is 1. The molecule has 0 spiro atoms. The number of hydrogen-bond donors (Lipinski definition) is 0. The van der Waals surface area contributed by atoms with Gasteiger partial charge in [-0.2, -0.15) is 0 Å². The highest BCUT2D eigenvalue weighted by Crippen LogP contribution is 2.46. The third-order valence-electron chi connectivity index (χ3n) is 3.65. The van der Waals surface area contributed by atoms with E-state index >= 15 is 0 Å². The van der Waals surface area contributed by atoms with Gasteiger partial charge in [-0.25, -0.2) is 0 Å². The topological polar surface area (TPSA) is 6.48 Å². The molecule has 98 valence electrons. The highest BCUT2D eigenvalue weighted by Gasteiger charge is 2.20. The fourth-order valence-corrected chi connectivity index (χ4v) is 3.55. The first-order valence-corrected chi connectivity index (χ1v) is 7.40. The van der Waals surface area contributed by atoms with Gasteiger partial charge in [0.2, 0.25) is 0 Å². The second-order valence-corrected chi connectivity index (χ2v) is 6.50. The number of benzene rings is 2. The Morgan fingerprint density at radius 3 is 1.95 bits per heavy atom. The van der Waals surface area contributed by atoms with Gasteiger partial charge in [0.25, 0.3) is 0 Å². The molecular weight excluding hydrogens is 347 g/mol. The lowest BCUT2D eigenvalue weighted by atomic mass is 10.00. The average Bonchev–Trinajstić information content (AvgIpc) is 2.67. The zero-order valence-corrected chi connectivity index (χ0v) is 13.8. The van der Waals surface area contributed by atoms with Crippen molar-refractivity contribution in [2.75, 3.05) is 38.0 Å². The van der Waals surface area contributed by atoms with E-state index in [0.29, 0.717) is 0 Å². The Labute approximate surface area is 127 Å². The molecule has 2 nitrogen and oxygen atoms in total. The Bertz CT molecular complexity index is 685. The molecule has 0 aliphatic heterocycles. The fourth-order valence-electron chi connectivity index (χ4n) is 2.77. The van der Waals surface area contributed by atoms with Crippen molar-refractivity contribution in [3.05, 3.63) is 35.4 Å². The van der Waals surface area contributed by atoms with Crippen LogP contribution in [0, 0.1) is 0 Å². The highest BCUT2D eigenvalue weighted by atomic mass is 127. The minimum atomic E-state index is 1.28. The summed E-state index contributed by atoms with van der Waals surface area (Å²) in [5.41, 5.74) is 5.26. The first kappa shape index (κ1) is 12.8. The van der Waals surface area contributed by atoms with Crippen LogP contribution in [0.3, 0.4) is 0 Å². The number of rotatable bonds is 2. The Morgan fingerprint density at radius 1 is 0.789 bits per heavy atom. The van der Waals surface area contributed by atoms with Crippen LogP contribution in [0.25, 0.3) is 20.4 Å². The molecule has 0 unspecified atom stereocenters. The van der Waals surface area contributed by atoms with Crippen LogP contribution < -0.4 is 9.80 Å². The lowest BCUT2D eigenvalue weighted by Crippen LogP contribution is -2.13. The molecule has 19 heavy (non-hydrogen) atoms. The molecule has 0 radical (unpaired) electrons. The summed E-state index contributed by atoms with van der Waals surface area (Å²) in [6, 6.07) is 8.92. The number of nitrogens with zero attached hydrogens (tertiary/aromatic N) is 2. The van der Waals surface area contributed by atoms with Crippen molar-refractivity contribution < 1.29 is 0 Å². The van der Waals surface area contributed by atoms with Crippen molar-refractivity contribution in [1.29, 1.82) is 0 Å². The maximum absolute atomic E-state index is 2.43. The van der Waals surface area contributed by atoms with Crippen LogP contribution in [0.15, 0.2) is 24.3 Å². The maximum Gasteiger partial charge on any atom is 0.0462 e. The minimum absolute atomic E-state index is 1.28. The first-order chi connectivity index (χ1) is 9.00. The summed E-state index contributed by atoms with van der Waals surface area (Å²) in [5, 5.41) is 2.75. The Morgan fingerprint density at radius 2 is 1.37 bits per heavy atom. The van der Waals surface area contributed by atoms with Crippen LogP contribution >= 0.6 is 22.6 Å². The third-order valence-corrected chi connectivity index (χ3v) is 4.54. The van der Waals surface area contributed by atoms with Gasteiger partial charge >= 0.3 is 0 Å². The van der Waals surface area contributed by atoms with Crippen LogP contribution in [0.2, 0.25) is 0 Å². The predicted octanol–water partition coefficient (Wildman–Crippen LogP) is 4.22. The van der Waals surface area contributed by atoms with E-state index in [2.05, 4.69) is 90.9 Å². The van der Waals surface area contributed by atoms with Gasteiger partial charge in [0, 0.05) is 53.9 Å². The third kappa shape index (κ3) is 1.83. The number of anilines is 2. The Balaban J connectivity index is 2.48. The predicted molar refractivity (Wildman–Crippen MR) is 94.5 cm³/mol. The van der Waals surface area contributed by atoms with E-state index in [0.717, 1.165) is 0 Å². The van der Waals surface area contributed by atoms with Gasteiger partial charge in [-0.3, -0.25) is 0 Å². The summed E-state index contributed by atoms with van der Waals surface area (Å²) in [4.78, 5) is 4.39. The summed E-state index contributed by atoms with van der Waals surface area (Å²) in [6.07, 6.45) is 2.27. The summed E-state index contributed by atoms with van der Waals surface area (Å²) in [5.74, 6) is 0. The summed E-state index contributed by atoms with van der Waals surface area (Å²) in [6.45, 7) is 0. The standard InChI is InChI=1S/C16H17IN2/c1-18(2)13-7-5-10-9-12(17)11-6-8-14(19(3)4)16(13)15(10)11/h5-9H,1-4H3. The zero-order chi connectivity index (χ0) is 13.7. The monoisotopic (exact) mass is 364 g/mol. The van der Waals surface area contributed by atoms with E-state index in [1.54, 1.807) is 0 Å². The molecule has 3 heteroatoms. The van der Waals surface area contributed by atoms with E-state index < -0.39 is 0 Å². The van der Waals surface area contributed by atoms with Gasteiger partial charge in [-0.1, -0.05) is 12.1 Å². The van der Waals surface area contributed by atoms with Crippen molar-refractivity contribution in [3.63, 3.8) is 0 Å². The second-order valence-electron chi connectivity index (χ2n) is 5.34. The molecule has 0 fully saturated rings. The molecule has 0 heterocycles. The first-order valence-electron chi connectivity index (χ1n) is 6.32. The molecule has 0 amide bonds. The molecule has 1 aliphatic carbocycles. The van der Waals surface area contributed by atoms with Crippen LogP contribution in [0.1, 0.15) is 11.1 Å². The largest absolute Gasteiger partial charge is 0.377 e. The second kappa shape index (κ2) is 4.40. The van der Waals surface area contributed by atoms with Gasteiger partial charge in [0.15, 0.2) is 0 Å². The smallest absolute Gasteiger partial charge is 0.0462 e. The lowest BCUT2D eigenvalue weighted by molar-refractivity contribution is 1.12. The fraction of sp³-hybridized carbons (Fsp3) is 0.250. The Hall–Kier alpha value is -1.23. The van der Waals surface area contributed by atoms with Crippen molar-refractivity contribution in [2.45, 2.75) is 0 Å². The molecule has 1 aliphatic rings. The molecule has 0 saturated heterocycles. The highest BCUT2D eigenvalue weighted by molar-refractivity contribution is 14.1. The van der Waals surface area contributed by atoms with Gasteiger partial charge in [-0.15, -0.1) is 0 Å².